The molecule has 3 aromatic heterocycles. The minimum Gasteiger partial charge on any atom is -0.512 e. The zero-order valence-electron chi connectivity index (χ0n) is 30.8. The second-order valence-corrected chi connectivity index (χ2v) is 15.4. The number of fused-ring (bicyclic) bond motifs is 2. The first-order valence-electron chi connectivity index (χ1n) is 17.2. The van der Waals surface area contributed by atoms with Gasteiger partial charge in [-0.1, -0.05) is 104 Å². The van der Waals surface area contributed by atoms with Gasteiger partial charge in [-0.25, -0.2) is 0 Å². The molecule has 0 saturated carbocycles. The van der Waals surface area contributed by atoms with Gasteiger partial charge in [0.2, 0.25) is 0 Å². The maximum Gasteiger partial charge on any atom is 0.164 e. The Morgan fingerprint density at radius 2 is 1.61 bits per heavy atom. The molecule has 5 aromatic rings. The number of hydrogen-bond donors (Lipinski definition) is 1. The van der Waals surface area contributed by atoms with Crippen LogP contribution in [0.1, 0.15) is 105 Å². The van der Waals surface area contributed by atoms with Crippen molar-refractivity contribution in [3.05, 3.63) is 96.1 Å². The summed E-state index contributed by atoms with van der Waals surface area (Å²) < 4.78 is 6.99. The summed E-state index contributed by atoms with van der Waals surface area (Å²) in [7, 11) is 0. The van der Waals surface area contributed by atoms with E-state index in [1.54, 1.807) is 17.6 Å². The summed E-state index contributed by atoms with van der Waals surface area (Å²) in [4.78, 5) is 18.1. The Labute approximate surface area is 311 Å². The average Bonchev–Trinajstić information content (AvgIpc) is 3.69. The molecule has 0 fully saturated rings. The van der Waals surface area contributed by atoms with Crippen molar-refractivity contribution in [3.63, 3.8) is 0 Å². The maximum absolute atomic E-state index is 12.2. The number of hydrogen-bond acceptors (Lipinski definition) is 5. The third-order valence-electron chi connectivity index (χ3n) is 10.2. The monoisotopic (exact) mass is 855 g/mol. The molecule has 0 atom stereocenters. The van der Waals surface area contributed by atoms with Crippen LogP contribution in [0, 0.1) is 23.8 Å². The number of nitrogens with zero attached hydrogens (tertiary/aromatic N) is 1. The summed E-state index contributed by atoms with van der Waals surface area (Å²) in [5, 5.41) is 13.6. The van der Waals surface area contributed by atoms with Gasteiger partial charge in [0.15, 0.2) is 5.78 Å². The van der Waals surface area contributed by atoms with Crippen molar-refractivity contribution in [1.82, 2.24) is 4.98 Å². The van der Waals surface area contributed by atoms with Crippen molar-refractivity contribution in [2.24, 2.45) is 10.8 Å². The van der Waals surface area contributed by atoms with Crippen LogP contribution in [-0.2, 0) is 30.3 Å². The third-order valence-corrected chi connectivity index (χ3v) is 11.4. The van der Waals surface area contributed by atoms with Gasteiger partial charge in [-0.15, -0.1) is 40.5 Å². The predicted molar refractivity (Wildman–Crippen MR) is 206 cm³/mol. The Kier molecular flexibility index (Phi) is 13.2. The first-order valence-corrected chi connectivity index (χ1v) is 18.0. The molecule has 49 heavy (non-hydrogen) atoms. The Morgan fingerprint density at radius 3 is 2.16 bits per heavy atom. The number of pyridine rings is 1. The number of furan rings is 1. The van der Waals surface area contributed by atoms with Crippen molar-refractivity contribution in [3.8, 4) is 21.9 Å². The van der Waals surface area contributed by atoms with E-state index in [2.05, 4.69) is 75.9 Å². The third kappa shape index (κ3) is 8.36. The van der Waals surface area contributed by atoms with E-state index in [-0.39, 0.29) is 47.9 Å². The van der Waals surface area contributed by atoms with Crippen LogP contribution in [-0.4, -0.2) is 15.9 Å². The van der Waals surface area contributed by atoms with Crippen LogP contribution in [0.2, 0.25) is 0 Å². The van der Waals surface area contributed by atoms with Crippen LogP contribution in [0.4, 0.5) is 0 Å². The number of benzene rings is 2. The zero-order valence-corrected chi connectivity index (χ0v) is 34.1. The van der Waals surface area contributed by atoms with Gasteiger partial charge in [0.05, 0.1) is 11.1 Å². The summed E-state index contributed by atoms with van der Waals surface area (Å²) in [5.74, 6) is 1.16. The summed E-state index contributed by atoms with van der Waals surface area (Å²) in [6.45, 7) is 25.0. The Morgan fingerprint density at radius 1 is 0.980 bits per heavy atom. The molecular weight excluding hydrogens is 803 g/mol. The number of allylic oxidation sites excluding steroid dienone is 2. The summed E-state index contributed by atoms with van der Waals surface area (Å²) in [6, 6.07) is 18.5. The number of aromatic nitrogens is 1. The Hall–Kier alpha value is -3.31. The van der Waals surface area contributed by atoms with E-state index in [4.69, 9.17) is 9.40 Å². The molecule has 0 aliphatic carbocycles. The fourth-order valence-corrected chi connectivity index (χ4v) is 7.02. The molecule has 1 radical (unpaired) electrons. The molecule has 0 bridgehead atoms. The van der Waals surface area contributed by atoms with Crippen molar-refractivity contribution < 1.29 is 34.4 Å². The second-order valence-electron chi connectivity index (χ2n) is 14.4. The van der Waals surface area contributed by atoms with Gasteiger partial charge in [0.25, 0.3) is 0 Å². The smallest absolute Gasteiger partial charge is 0.164 e. The molecule has 0 amide bonds. The van der Waals surface area contributed by atoms with Crippen molar-refractivity contribution in [2.75, 3.05) is 0 Å². The molecule has 0 spiro atoms. The molecule has 4 nitrogen and oxygen atoms in total. The number of carbonyl (C=O) groups excluding carboxylic acids is 1. The van der Waals surface area contributed by atoms with Gasteiger partial charge in [0.1, 0.15) is 11.5 Å². The molecule has 0 unspecified atom stereocenters. The quantitative estimate of drug-likeness (QED) is 0.0863. The minimum absolute atomic E-state index is 0. The fourth-order valence-electron chi connectivity index (χ4n) is 5.86. The number of carbonyl (C=O) groups is 1. The number of aliphatic hydroxyl groups is 1. The number of aliphatic hydroxyl groups excluding tert-OH is 1. The standard InChI is InChI=1S/C28H24NOS.C15H28O2.Ir/c1-6-20-25-24(31-27(20)23-13-17(2)16-30-23)11-12-29-26(25)19-14-18-9-7-8-10-21(18)22(15-19)28(3,4)5;1-7-14(5,8-2)12(16)11-13(17)15(6,9-3)10-4;/h6-13,15-16H,1H2,2-5H3;11,16H,7-10H2,1-6H3;/q-1;;/b;12-11-;. The molecule has 6 heteroatoms. The Bertz CT molecular complexity index is 1950. The summed E-state index contributed by atoms with van der Waals surface area (Å²) in [5.41, 5.74) is 4.83. The van der Waals surface area contributed by atoms with E-state index < -0.39 is 0 Å². The minimum atomic E-state index is -0.337. The topological polar surface area (TPSA) is 63.3 Å². The van der Waals surface area contributed by atoms with E-state index >= 15 is 0 Å². The van der Waals surface area contributed by atoms with Crippen LogP contribution >= 0.6 is 11.3 Å². The number of rotatable bonds is 10. The van der Waals surface area contributed by atoms with Gasteiger partial charge >= 0.3 is 0 Å². The van der Waals surface area contributed by atoms with Gasteiger partial charge < -0.3 is 9.52 Å². The Balaban J connectivity index is 0.000000312. The molecule has 0 aliphatic heterocycles. The van der Waals surface area contributed by atoms with Crippen molar-refractivity contribution in [1.29, 1.82) is 0 Å². The molecule has 0 aliphatic rings. The van der Waals surface area contributed by atoms with Crippen molar-refractivity contribution in [2.45, 2.75) is 100 Å². The van der Waals surface area contributed by atoms with E-state index in [0.29, 0.717) is 0 Å². The molecular formula is C43H52IrNO3S-. The molecule has 263 valence electrons. The van der Waals surface area contributed by atoms with Crippen LogP contribution < -0.4 is 0 Å². The van der Waals surface area contributed by atoms with Crippen LogP contribution in [0.25, 0.3) is 48.8 Å². The fraction of sp³-hybridized carbons (Fsp3) is 0.395. The van der Waals surface area contributed by atoms with Gasteiger partial charge in [-0.3, -0.25) is 9.78 Å². The van der Waals surface area contributed by atoms with Crippen LogP contribution in [0.15, 0.2) is 77.8 Å². The molecule has 1 N–H and O–H groups in total. The predicted octanol–water partition coefficient (Wildman–Crippen LogP) is 13.1. The van der Waals surface area contributed by atoms with Crippen LogP contribution in [0.3, 0.4) is 0 Å². The van der Waals surface area contributed by atoms with E-state index in [0.717, 1.165) is 69.5 Å². The van der Waals surface area contributed by atoms with E-state index in [1.807, 2.05) is 60.7 Å². The molecule has 0 saturated heterocycles. The number of ketones is 1. The molecule has 5 rings (SSSR count). The van der Waals surface area contributed by atoms with Gasteiger partial charge in [-0.05, 0) is 66.7 Å². The second kappa shape index (κ2) is 16.1. The maximum atomic E-state index is 12.2. The number of aryl methyl sites for hydroxylation is 1. The van der Waals surface area contributed by atoms with E-state index in [9.17, 15) is 9.90 Å². The first kappa shape index (κ1) is 40.1. The van der Waals surface area contributed by atoms with Gasteiger partial charge in [-0.2, -0.15) is 0 Å². The average molecular weight is 855 g/mol. The molecule has 3 heterocycles. The zero-order chi connectivity index (χ0) is 35.4. The summed E-state index contributed by atoms with van der Waals surface area (Å²) >= 11 is 1.72. The van der Waals surface area contributed by atoms with Crippen LogP contribution in [0.5, 0.6) is 0 Å². The number of thiophene rings is 1. The van der Waals surface area contributed by atoms with Gasteiger partial charge in [0, 0.05) is 53.6 Å². The SMILES string of the molecule is C=Cc1c(-c2cc(C)co2)sc2ccnc(-c3[c-]c4ccccc4c(C(C)(C)C)c3)c12.CCC(C)(CC)C(=O)/C=C(\O)C(C)(CC)CC.[Ir]. The molecule has 2 aromatic carbocycles. The largest absolute Gasteiger partial charge is 0.512 e. The van der Waals surface area contributed by atoms with E-state index in [1.165, 1.54) is 21.7 Å². The summed E-state index contributed by atoms with van der Waals surface area (Å²) in [6.07, 6.45) is 10.4. The first-order chi connectivity index (χ1) is 22.7. The normalized spacial score (nSPS) is 12.4. The van der Waals surface area contributed by atoms with Crippen molar-refractivity contribution >= 4 is 44.1 Å².